The van der Waals surface area contributed by atoms with Crippen molar-refractivity contribution in [1.82, 2.24) is 5.06 Å². The van der Waals surface area contributed by atoms with E-state index in [1.165, 1.54) is 6.42 Å². The molecule has 12 heavy (non-hydrogen) atoms. The first-order valence-corrected chi connectivity index (χ1v) is 4.28. The Labute approximate surface area is 79.4 Å². The van der Waals surface area contributed by atoms with Crippen LogP contribution < -0.4 is 0 Å². The van der Waals surface area contributed by atoms with Crippen molar-refractivity contribution >= 4 is 18.4 Å². The topological polar surface area (TPSA) is 29.5 Å². The predicted octanol–water partition coefficient (Wildman–Crippen LogP) is 1.76. The molecule has 4 heteroatoms. The first-order valence-electron chi connectivity index (χ1n) is 4.28. The van der Waals surface area contributed by atoms with E-state index in [0.717, 1.165) is 25.9 Å². The van der Waals surface area contributed by atoms with Gasteiger partial charge in [-0.25, -0.2) is 0 Å². The average molecular weight is 194 g/mol. The van der Waals surface area contributed by atoms with Crippen LogP contribution in [0.15, 0.2) is 0 Å². The fourth-order valence-electron chi connectivity index (χ4n) is 1.16. The molecule has 0 amide bonds. The van der Waals surface area contributed by atoms with Gasteiger partial charge >= 0.3 is 5.97 Å². The molecule has 1 heterocycles. The molecule has 1 fully saturated rings. The van der Waals surface area contributed by atoms with E-state index in [-0.39, 0.29) is 18.4 Å². The van der Waals surface area contributed by atoms with E-state index in [4.69, 9.17) is 4.84 Å². The molecule has 0 aromatic heterocycles. The molecular formula is C8H16ClNO2. The second-order valence-electron chi connectivity index (χ2n) is 2.81. The molecule has 0 atom stereocenters. The minimum absolute atomic E-state index is 0. The molecule has 0 aliphatic carbocycles. The summed E-state index contributed by atoms with van der Waals surface area (Å²) >= 11 is 0. The standard InChI is InChI=1S/C8H15NO2.ClH/c1-2-8(10)11-9-6-4-3-5-7-9;/h2-7H2,1H3;1H. The van der Waals surface area contributed by atoms with Crippen LogP contribution in [0.3, 0.4) is 0 Å². The zero-order chi connectivity index (χ0) is 8.10. The second kappa shape index (κ2) is 6.26. The summed E-state index contributed by atoms with van der Waals surface area (Å²) < 4.78 is 0. The largest absolute Gasteiger partial charge is 0.368 e. The Morgan fingerprint density at radius 2 is 1.92 bits per heavy atom. The maximum absolute atomic E-state index is 10.8. The molecule has 0 aromatic carbocycles. The molecular weight excluding hydrogens is 178 g/mol. The number of rotatable bonds is 2. The summed E-state index contributed by atoms with van der Waals surface area (Å²) in [5.74, 6) is -0.119. The smallest absolute Gasteiger partial charge is 0.324 e. The van der Waals surface area contributed by atoms with Gasteiger partial charge in [-0.15, -0.1) is 17.5 Å². The van der Waals surface area contributed by atoms with Gasteiger partial charge in [-0.1, -0.05) is 13.3 Å². The predicted molar refractivity (Wildman–Crippen MR) is 49.1 cm³/mol. The summed E-state index contributed by atoms with van der Waals surface area (Å²) in [7, 11) is 0. The molecule has 0 unspecified atom stereocenters. The SMILES string of the molecule is CCC(=O)ON1CCCCC1.Cl. The van der Waals surface area contributed by atoms with Gasteiger partial charge in [0, 0.05) is 19.5 Å². The van der Waals surface area contributed by atoms with Crippen molar-refractivity contribution in [2.45, 2.75) is 32.6 Å². The molecule has 0 aromatic rings. The van der Waals surface area contributed by atoms with Crippen molar-refractivity contribution in [2.75, 3.05) is 13.1 Å². The Balaban J connectivity index is 0.00000121. The molecule has 1 saturated heterocycles. The van der Waals surface area contributed by atoms with E-state index in [1.807, 2.05) is 6.92 Å². The van der Waals surface area contributed by atoms with Crippen LogP contribution in [0, 0.1) is 0 Å². The lowest BCUT2D eigenvalue weighted by Crippen LogP contribution is -2.32. The van der Waals surface area contributed by atoms with Gasteiger partial charge in [0.25, 0.3) is 0 Å². The van der Waals surface area contributed by atoms with Crippen molar-refractivity contribution in [1.29, 1.82) is 0 Å². The van der Waals surface area contributed by atoms with Crippen molar-refractivity contribution in [3.63, 3.8) is 0 Å². The number of piperidine rings is 1. The van der Waals surface area contributed by atoms with Crippen molar-refractivity contribution < 1.29 is 9.63 Å². The number of hydrogen-bond donors (Lipinski definition) is 0. The molecule has 0 N–H and O–H groups in total. The Morgan fingerprint density at radius 1 is 1.33 bits per heavy atom. The number of carbonyl (C=O) groups excluding carboxylic acids is 1. The lowest BCUT2D eigenvalue weighted by Gasteiger charge is -2.24. The number of carbonyl (C=O) groups is 1. The lowest BCUT2D eigenvalue weighted by molar-refractivity contribution is -0.193. The molecule has 1 aliphatic heterocycles. The van der Waals surface area contributed by atoms with Gasteiger partial charge < -0.3 is 4.84 Å². The fourth-order valence-corrected chi connectivity index (χ4v) is 1.16. The molecule has 0 spiro atoms. The van der Waals surface area contributed by atoms with Crippen LogP contribution >= 0.6 is 12.4 Å². The summed E-state index contributed by atoms with van der Waals surface area (Å²) in [5.41, 5.74) is 0. The second-order valence-corrected chi connectivity index (χ2v) is 2.81. The highest BCUT2D eigenvalue weighted by molar-refractivity contribution is 5.85. The summed E-state index contributed by atoms with van der Waals surface area (Å²) in [6, 6.07) is 0. The van der Waals surface area contributed by atoms with Crippen LogP contribution in [0.25, 0.3) is 0 Å². The first kappa shape index (κ1) is 11.7. The van der Waals surface area contributed by atoms with Gasteiger partial charge in [0.05, 0.1) is 0 Å². The van der Waals surface area contributed by atoms with E-state index in [1.54, 1.807) is 5.06 Å². The number of nitrogens with zero attached hydrogens (tertiary/aromatic N) is 1. The summed E-state index contributed by atoms with van der Waals surface area (Å²) in [6.07, 6.45) is 4.03. The highest BCUT2D eigenvalue weighted by Gasteiger charge is 2.13. The van der Waals surface area contributed by atoms with Gasteiger partial charge in [-0.05, 0) is 12.8 Å². The van der Waals surface area contributed by atoms with Gasteiger partial charge in [-0.3, -0.25) is 4.79 Å². The highest BCUT2D eigenvalue weighted by Crippen LogP contribution is 2.08. The zero-order valence-corrected chi connectivity index (χ0v) is 8.23. The molecule has 72 valence electrons. The average Bonchev–Trinajstić information content (AvgIpc) is 2.06. The molecule has 1 rings (SSSR count). The molecule has 0 radical (unpaired) electrons. The summed E-state index contributed by atoms with van der Waals surface area (Å²) in [4.78, 5) is 15.9. The third-order valence-corrected chi connectivity index (χ3v) is 1.83. The quantitative estimate of drug-likeness (QED) is 0.670. The maximum atomic E-state index is 10.8. The molecule has 0 saturated carbocycles. The molecule has 0 bridgehead atoms. The van der Waals surface area contributed by atoms with Crippen molar-refractivity contribution in [2.24, 2.45) is 0 Å². The number of halogens is 1. The number of hydroxylamine groups is 2. The Bertz CT molecular complexity index is 135. The first-order chi connectivity index (χ1) is 5.33. The third-order valence-electron chi connectivity index (χ3n) is 1.83. The van der Waals surface area contributed by atoms with Crippen molar-refractivity contribution in [3.8, 4) is 0 Å². The van der Waals surface area contributed by atoms with E-state index < -0.39 is 0 Å². The Kier molecular flexibility index (Phi) is 6.11. The van der Waals surface area contributed by atoms with E-state index in [2.05, 4.69) is 0 Å². The molecule has 3 nitrogen and oxygen atoms in total. The van der Waals surface area contributed by atoms with E-state index in [0.29, 0.717) is 6.42 Å². The minimum atomic E-state index is -0.119. The van der Waals surface area contributed by atoms with Crippen LogP contribution in [-0.4, -0.2) is 24.1 Å². The van der Waals surface area contributed by atoms with E-state index >= 15 is 0 Å². The van der Waals surface area contributed by atoms with Crippen LogP contribution in [-0.2, 0) is 9.63 Å². The fraction of sp³-hybridized carbons (Fsp3) is 0.875. The van der Waals surface area contributed by atoms with Gasteiger partial charge in [0.2, 0.25) is 0 Å². The van der Waals surface area contributed by atoms with Gasteiger partial charge in [0.1, 0.15) is 0 Å². The van der Waals surface area contributed by atoms with Crippen molar-refractivity contribution in [3.05, 3.63) is 0 Å². The maximum Gasteiger partial charge on any atom is 0.324 e. The van der Waals surface area contributed by atoms with Crippen LogP contribution in [0.5, 0.6) is 0 Å². The van der Waals surface area contributed by atoms with Crippen LogP contribution in [0.1, 0.15) is 32.6 Å². The molecule has 1 aliphatic rings. The summed E-state index contributed by atoms with van der Waals surface area (Å²) in [5, 5.41) is 1.77. The highest BCUT2D eigenvalue weighted by atomic mass is 35.5. The normalized spacial score (nSPS) is 18.1. The minimum Gasteiger partial charge on any atom is -0.368 e. The summed E-state index contributed by atoms with van der Waals surface area (Å²) in [6.45, 7) is 3.63. The van der Waals surface area contributed by atoms with Gasteiger partial charge in [-0.2, -0.15) is 0 Å². The van der Waals surface area contributed by atoms with E-state index in [9.17, 15) is 4.79 Å². The monoisotopic (exact) mass is 193 g/mol. The lowest BCUT2D eigenvalue weighted by atomic mass is 10.2. The van der Waals surface area contributed by atoms with Crippen LogP contribution in [0.2, 0.25) is 0 Å². The number of hydrogen-bond acceptors (Lipinski definition) is 3. The van der Waals surface area contributed by atoms with Gasteiger partial charge in [0.15, 0.2) is 0 Å². The zero-order valence-electron chi connectivity index (χ0n) is 7.41. The third kappa shape index (κ3) is 3.93. The Morgan fingerprint density at radius 3 is 2.42 bits per heavy atom. The Hall–Kier alpha value is -0.280. The van der Waals surface area contributed by atoms with Crippen LogP contribution in [0.4, 0.5) is 0 Å².